The molecule has 0 aromatic carbocycles. The normalized spacial score (nSPS) is 9.93. The van der Waals surface area contributed by atoms with Crippen LogP contribution in [0.2, 0.25) is 0 Å². The van der Waals surface area contributed by atoms with Crippen LogP contribution in [0.5, 0.6) is 5.75 Å². The van der Waals surface area contributed by atoms with Gasteiger partial charge in [0.15, 0.2) is 11.4 Å². The maximum Gasteiger partial charge on any atom is 0.273 e. The van der Waals surface area contributed by atoms with Crippen LogP contribution < -0.4 is 10.1 Å². The molecule has 5 heteroatoms. The number of aryl methyl sites for hydroxylation is 1. The Balaban J connectivity index is 0.00000196. The summed E-state index contributed by atoms with van der Waals surface area (Å²) < 4.78 is 6.67. The van der Waals surface area contributed by atoms with Crippen molar-refractivity contribution in [1.29, 1.82) is 0 Å². The SMILES string of the molecule is CCNC(=O)c1c(OC)cnn1CC.[HH]. The van der Waals surface area contributed by atoms with Gasteiger partial charge in [-0.15, -0.1) is 0 Å². The van der Waals surface area contributed by atoms with Crippen molar-refractivity contribution in [2.24, 2.45) is 0 Å². The maximum absolute atomic E-state index is 11.6. The zero-order valence-electron chi connectivity index (χ0n) is 8.70. The molecule has 14 heavy (non-hydrogen) atoms. The van der Waals surface area contributed by atoms with Gasteiger partial charge in [-0.2, -0.15) is 5.10 Å². The fourth-order valence-electron chi connectivity index (χ4n) is 1.23. The molecule has 0 atom stereocenters. The van der Waals surface area contributed by atoms with Crippen LogP contribution in [-0.2, 0) is 6.54 Å². The Kier molecular flexibility index (Phi) is 3.50. The summed E-state index contributed by atoms with van der Waals surface area (Å²) in [5, 5.41) is 6.76. The lowest BCUT2D eigenvalue weighted by Crippen LogP contribution is -2.26. The number of carbonyl (C=O) groups excluding carboxylic acids is 1. The molecule has 5 nitrogen and oxygen atoms in total. The Hall–Kier alpha value is -1.52. The highest BCUT2D eigenvalue weighted by atomic mass is 16.5. The smallest absolute Gasteiger partial charge is 0.273 e. The average Bonchev–Trinajstić information content (AvgIpc) is 2.60. The van der Waals surface area contributed by atoms with Crippen LogP contribution in [0.3, 0.4) is 0 Å². The second kappa shape index (κ2) is 4.64. The molecule has 0 bridgehead atoms. The first-order valence-corrected chi connectivity index (χ1v) is 4.62. The molecule has 0 radical (unpaired) electrons. The van der Waals surface area contributed by atoms with Gasteiger partial charge in [-0.25, -0.2) is 0 Å². The van der Waals surface area contributed by atoms with E-state index in [0.29, 0.717) is 24.5 Å². The van der Waals surface area contributed by atoms with Crippen molar-refractivity contribution in [3.8, 4) is 5.75 Å². The molecule has 0 aliphatic carbocycles. The van der Waals surface area contributed by atoms with E-state index in [0.717, 1.165) is 0 Å². The zero-order chi connectivity index (χ0) is 10.6. The summed E-state index contributed by atoms with van der Waals surface area (Å²) in [6.07, 6.45) is 1.55. The number of ether oxygens (including phenoxy) is 1. The summed E-state index contributed by atoms with van der Waals surface area (Å²) >= 11 is 0. The van der Waals surface area contributed by atoms with E-state index >= 15 is 0 Å². The molecule has 1 rings (SSSR count). The summed E-state index contributed by atoms with van der Waals surface area (Å²) in [6, 6.07) is 0. The van der Waals surface area contributed by atoms with E-state index < -0.39 is 0 Å². The van der Waals surface area contributed by atoms with Crippen molar-refractivity contribution in [1.82, 2.24) is 15.1 Å². The largest absolute Gasteiger partial charge is 0.493 e. The van der Waals surface area contributed by atoms with E-state index in [9.17, 15) is 4.79 Å². The van der Waals surface area contributed by atoms with Crippen molar-refractivity contribution in [2.75, 3.05) is 13.7 Å². The lowest BCUT2D eigenvalue weighted by molar-refractivity contribution is 0.0942. The minimum absolute atomic E-state index is 0. The lowest BCUT2D eigenvalue weighted by Gasteiger charge is -2.06. The molecular weight excluding hydrogens is 182 g/mol. The number of methoxy groups -OCH3 is 1. The Morgan fingerprint density at radius 2 is 2.43 bits per heavy atom. The fraction of sp³-hybridized carbons (Fsp3) is 0.556. The van der Waals surface area contributed by atoms with Crippen LogP contribution in [0.25, 0.3) is 0 Å². The van der Waals surface area contributed by atoms with Crippen molar-refractivity contribution >= 4 is 5.91 Å². The van der Waals surface area contributed by atoms with Crippen LogP contribution in [0, 0.1) is 0 Å². The quantitative estimate of drug-likeness (QED) is 0.784. The third-order valence-corrected chi connectivity index (χ3v) is 1.88. The van der Waals surface area contributed by atoms with E-state index in [2.05, 4.69) is 10.4 Å². The van der Waals surface area contributed by atoms with Crippen molar-refractivity contribution in [3.05, 3.63) is 11.9 Å². The number of nitrogens with zero attached hydrogens (tertiary/aromatic N) is 2. The molecule has 0 fully saturated rings. The monoisotopic (exact) mass is 199 g/mol. The Labute approximate surface area is 84.5 Å². The maximum atomic E-state index is 11.6. The molecule has 0 saturated carbocycles. The lowest BCUT2D eigenvalue weighted by atomic mass is 10.3. The summed E-state index contributed by atoms with van der Waals surface area (Å²) in [6.45, 7) is 5.04. The fourth-order valence-corrected chi connectivity index (χ4v) is 1.23. The first-order chi connectivity index (χ1) is 6.74. The van der Waals surface area contributed by atoms with Gasteiger partial charge in [0.05, 0.1) is 13.3 Å². The van der Waals surface area contributed by atoms with Crippen molar-refractivity contribution in [2.45, 2.75) is 20.4 Å². The summed E-state index contributed by atoms with van der Waals surface area (Å²) in [4.78, 5) is 11.6. The van der Waals surface area contributed by atoms with E-state index in [4.69, 9.17) is 4.74 Å². The summed E-state index contributed by atoms with van der Waals surface area (Å²) in [5.74, 6) is 0.363. The van der Waals surface area contributed by atoms with Gasteiger partial charge in [0, 0.05) is 14.5 Å². The van der Waals surface area contributed by atoms with Crippen LogP contribution in [0.4, 0.5) is 0 Å². The highest BCUT2D eigenvalue weighted by Crippen LogP contribution is 2.16. The third-order valence-electron chi connectivity index (χ3n) is 1.88. The van der Waals surface area contributed by atoms with Gasteiger partial charge < -0.3 is 10.1 Å². The number of nitrogens with one attached hydrogen (secondary N) is 1. The number of rotatable bonds is 4. The van der Waals surface area contributed by atoms with Crippen LogP contribution in [0.1, 0.15) is 25.8 Å². The van der Waals surface area contributed by atoms with E-state index in [1.54, 1.807) is 10.9 Å². The van der Waals surface area contributed by atoms with Gasteiger partial charge in [0.25, 0.3) is 5.91 Å². The average molecular weight is 199 g/mol. The molecule has 0 spiro atoms. The molecule has 0 saturated heterocycles. The topological polar surface area (TPSA) is 56.1 Å². The molecule has 1 N–H and O–H groups in total. The highest BCUT2D eigenvalue weighted by Gasteiger charge is 2.17. The predicted octanol–water partition coefficient (Wildman–Crippen LogP) is 0.907. The second-order valence-corrected chi connectivity index (χ2v) is 2.74. The first kappa shape index (κ1) is 10.6. The zero-order valence-corrected chi connectivity index (χ0v) is 8.70. The molecular formula is C9H17N3O2. The molecule has 1 aromatic heterocycles. The van der Waals surface area contributed by atoms with Gasteiger partial charge in [-0.3, -0.25) is 9.48 Å². The van der Waals surface area contributed by atoms with Gasteiger partial charge in [-0.05, 0) is 13.8 Å². The summed E-state index contributed by atoms with van der Waals surface area (Å²) in [5.41, 5.74) is 0.483. The molecule has 1 heterocycles. The number of hydrogen-bond donors (Lipinski definition) is 1. The number of hydrogen-bond acceptors (Lipinski definition) is 3. The van der Waals surface area contributed by atoms with Crippen LogP contribution >= 0.6 is 0 Å². The van der Waals surface area contributed by atoms with E-state index in [-0.39, 0.29) is 7.33 Å². The van der Waals surface area contributed by atoms with Crippen LogP contribution in [-0.4, -0.2) is 29.3 Å². The van der Waals surface area contributed by atoms with E-state index in [1.807, 2.05) is 13.8 Å². The molecule has 0 aliphatic heterocycles. The third kappa shape index (κ3) is 1.86. The van der Waals surface area contributed by atoms with Gasteiger partial charge in [-0.1, -0.05) is 0 Å². The molecule has 0 aliphatic rings. The minimum atomic E-state index is -0.149. The standard InChI is InChI=1S/C9H15N3O2.H2/c1-4-10-9(13)8-7(14-3)6-11-12(8)5-2;/h6H,4-5H2,1-3H3,(H,10,13);1H. The Morgan fingerprint density at radius 3 is 2.93 bits per heavy atom. The predicted molar refractivity (Wildman–Crippen MR) is 54.6 cm³/mol. The Bertz CT molecular complexity index is 304. The number of carbonyl (C=O) groups is 1. The van der Waals surface area contributed by atoms with Crippen molar-refractivity contribution in [3.63, 3.8) is 0 Å². The molecule has 1 aromatic rings. The minimum Gasteiger partial charge on any atom is -0.493 e. The Morgan fingerprint density at radius 1 is 1.71 bits per heavy atom. The molecule has 1 amide bonds. The highest BCUT2D eigenvalue weighted by molar-refractivity contribution is 5.95. The first-order valence-electron chi connectivity index (χ1n) is 4.62. The van der Waals surface area contributed by atoms with Gasteiger partial charge in [0.1, 0.15) is 0 Å². The molecule has 0 unspecified atom stereocenters. The number of aromatic nitrogens is 2. The van der Waals surface area contributed by atoms with Gasteiger partial charge >= 0.3 is 0 Å². The van der Waals surface area contributed by atoms with E-state index in [1.165, 1.54) is 7.11 Å². The second-order valence-electron chi connectivity index (χ2n) is 2.74. The van der Waals surface area contributed by atoms with Crippen molar-refractivity contribution < 1.29 is 11.0 Å². The summed E-state index contributed by atoms with van der Waals surface area (Å²) in [7, 11) is 1.53. The van der Waals surface area contributed by atoms with Crippen LogP contribution in [0.15, 0.2) is 6.20 Å². The number of amides is 1. The molecule has 80 valence electrons. The van der Waals surface area contributed by atoms with Gasteiger partial charge in [0.2, 0.25) is 0 Å².